The van der Waals surface area contributed by atoms with E-state index in [0.29, 0.717) is 0 Å². The van der Waals surface area contributed by atoms with Crippen molar-refractivity contribution >= 4 is 10.0 Å². The largest absolute Gasteiger partial charge is 0.256 e. The van der Waals surface area contributed by atoms with Crippen LogP contribution in [0.3, 0.4) is 0 Å². The zero-order chi connectivity index (χ0) is 6.62. The molecule has 8 heavy (non-hydrogen) atoms. The molecule has 0 rings (SSSR count). The molecule has 0 saturated heterocycles. The summed E-state index contributed by atoms with van der Waals surface area (Å²) in [4.78, 5) is 0. The molecule has 0 aliphatic rings. The van der Waals surface area contributed by atoms with Gasteiger partial charge < -0.3 is 0 Å². The van der Waals surface area contributed by atoms with E-state index in [1.807, 2.05) is 0 Å². The van der Waals surface area contributed by atoms with Crippen LogP contribution in [0.15, 0.2) is 0 Å². The Kier molecular flexibility index (Phi) is 2.96. The summed E-state index contributed by atoms with van der Waals surface area (Å²) >= 11 is 0. The van der Waals surface area contributed by atoms with Crippen molar-refractivity contribution in [3.63, 3.8) is 0 Å². The van der Waals surface area contributed by atoms with Crippen LogP contribution in [0.25, 0.3) is 0 Å². The highest BCUT2D eigenvalue weighted by molar-refractivity contribution is 7.88. The van der Waals surface area contributed by atoms with Crippen molar-refractivity contribution in [1.82, 2.24) is 10.5 Å². The van der Waals surface area contributed by atoms with Crippen LogP contribution in [-0.2, 0) is 10.0 Å². The molecule has 0 heterocycles. The maximum Gasteiger partial charge on any atom is 0.208 e. The van der Waals surface area contributed by atoms with Crippen molar-refractivity contribution in [2.45, 2.75) is 0 Å². The fourth-order valence-electron chi connectivity index (χ4n) is 0.236. The third kappa shape index (κ3) is 5.87. The highest BCUT2D eigenvalue weighted by Gasteiger charge is 1.95. The molecule has 5 heteroatoms. The van der Waals surface area contributed by atoms with Crippen LogP contribution in [0.4, 0.5) is 0 Å². The Balaban J connectivity index is 3.42. The highest BCUT2D eigenvalue weighted by atomic mass is 32.2. The van der Waals surface area contributed by atoms with E-state index in [9.17, 15) is 8.42 Å². The minimum absolute atomic E-state index is 0.0903. The van der Waals surface area contributed by atoms with Gasteiger partial charge in [-0.05, 0) is 0 Å². The van der Waals surface area contributed by atoms with Crippen molar-refractivity contribution in [3.8, 4) is 0 Å². The summed E-state index contributed by atoms with van der Waals surface area (Å²) < 4.78 is 22.5. The number of hydrogen-bond donors (Lipinski definition) is 1. The first-order chi connectivity index (χ1) is 3.56. The van der Waals surface area contributed by atoms with Gasteiger partial charge in [0.05, 0.1) is 6.26 Å². The normalized spacial score (nSPS) is 11.8. The molecular formula is C3H9N2O2S. The summed E-state index contributed by atoms with van der Waals surface area (Å²) in [6, 6.07) is 0. The monoisotopic (exact) mass is 137 g/mol. The van der Waals surface area contributed by atoms with Gasteiger partial charge in [-0.3, -0.25) is 5.73 Å². The molecule has 0 bridgehead atoms. The standard InChI is InChI=1S/C3H9N2O2S/c1-8(6,7)5-3-2-4/h4-5H,2-3H2,1H3. The molecule has 0 aliphatic carbocycles. The molecule has 1 radical (unpaired) electrons. The van der Waals surface area contributed by atoms with Crippen LogP contribution in [0.2, 0.25) is 0 Å². The van der Waals surface area contributed by atoms with Crippen LogP contribution in [0, 0.1) is 0 Å². The van der Waals surface area contributed by atoms with Crippen LogP contribution in [0.5, 0.6) is 0 Å². The van der Waals surface area contributed by atoms with Gasteiger partial charge in [0.25, 0.3) is 0 Å². The molecule has 0 spiro atoms. The third-order valence-corrected chi connectivity index (χ3v) is 1.22. The average Bonchev–Trinajstić information content (AvgIpc) is 1.59. The van der Waals surface area contributed by atoms with Gasteiger partial charge in [0.1, 0.15) is 0 Å². The van der Waals surface area contributed by atoms with Gasteiger partial charge in [0, 0.05) is 13.1 Å². The van der Waals surface area contributed by atoms with E-state index in [1.165, 1.54) is 0 Å². The predicted molar refractivity (Wildman–Crippen MR) is 30.8 cm³/mol. The van der Waals surface area contributed by atoms with Gasteiger partial charge in [-0.2, -0.15) is 0 Å². The molecule has 2 N–H and O–H groups in total. The minimum atomic E-state index is -3.06. The van der Waals surface area contributed by atoms with Crippen molar-refractivity contribution in [1.29, 1.82) is 0 Å². The number of rotatable bonds is 3. The maximum absolute atomic E-state index is 10.2. The zero-order valence-corrected chi connectivity index (χ0v) is 5.46. The van der Waals surface area contributed by atoms with E-state index in [0.717, 1.165) is 6.26 Å². The van der Waals surface area contributed by atoms with E-state index in [2.05, 4.69) is 4.72 Å². The molecule has 0 unspecified atom stereocenters. The molecule has 0 aromatic heterocycles. The van der Waals surface area contributed by atoms with Crippen molar-refractivity contribution in [2.24, 2.45) is 0 Å². The first-order valence-corrected chi connectivity index (χ1v) is 4.04. The Labute approximate surface area is 49.1 Å². The maximum atomic E-state index is 10.2. The van der Waals surface area contributed by atoms with Crippen molar-refractivity contribution in [2.75, 3.05) is 19.3 Å². The molecule has 0 saturated carbocycles. The van der Waals surface area contributed by atoms with E-state index in [1.54, 1.807) is 0 Å². The van der Waals surface area contributed by atoms with E-state index in [4.69, 9.17) is 5.73 Å². The average molecular weight is 137 g/mol. The van der Waals surface area contributed by atoms with Gasteiger partial charge in [0.2, 0.25) is 10.0 Å². The van der Waals surface area contributed by atoms with Crippen molar-refractivity contribution < 1.29 is 8.42 Å². The highest BCUT2D eigenvalue weighted by Crippen LogP contribution is 1.68. The summed E-state index contributed by atoms with van der Waals surface area (Å²) in [5.41, 5.74) is 6.56. The molecule has 0 aromatic rings. The van der Waals surface area contributed by atoms with Crippen molar-refractivity contribution in [3.05, 3.63) is 0 Å². The molecule has 0 amide bonds. The van der Waals surface area contributed by atoms with E-state index in [-0.39, 0.29) is 13.1 Å². The van der Waals surface area contributed by atoms with Gasteiger partial charge in [-0.15, -0.1) is 0 Å². The third-order valence-electron chi connectivity index (χ3n) is 0.489. The first-order valence-electron chi connectivity index (χ1n) is 2.15. The second-order valence-corrected chi connectivity index (χ2v) is 3.25. The van der Waals surface area contributed by atoms with Crippen LogP contribution >= 0.6 is 0 Å². The van der Waals surface area contributed by atoms with Gasteiger partial charge in [-0.25, -0.2) is 13.1 Å². The van der Waals surface area contributed by atoms with Crippen LogP contribution < -0.4 is 10.5 Å². The summed E-state index contributed by atoms with van der Waals surface area (Å²) in [6.45, 7) is 0.298. The Morgan fingerprint density at radius 2 is 2.12 bits per heavy atom. The molecule has 49 valence electrons. The van der Waals surface area contributed by atoms with E-state index < -0.39 is 10.0 Å². The fraction of sp³-hybridized carbons (Fsp3) is 1.00. The molecular weight excluding hydrogens is 128 g/mol. The lowest BCUT2D eigenvalue weighted by molar-refractivity contribution is 0.588. The number of sulfonamides is 1. The van der Waals surface area contributed by atoms with Gasteiger partial charge >= 0.3 is 0 Å². The molecule has 0 aliphatic heterocycles. The summed E-state index contributed by atoms with van der Waals surface area (Å²) in [7, 11) is -3.06. The Bertz CT molecular complexity index is 139. The zero-order valence-electron chi connectivity index (χ0n) is 4.64. The lowest BCUT2D eigenvalue weighted by Crippen LogP contribution is -2.25. The predicted octanol–water partition coefficient (Wildman–Crippen LogP) is -1.18. The second-order valence-electron chi connectivity index (χ2n) is 1.42. The fourth-order valence-corrected chi connectivity index (χ4v) is 0.709. The van der Waals surface area contributed by atoms with Crippen LogP contribution in [-0.4, -0.2) is 27.8 Å². The number of hydrogen-bond acceptors (Lipinski definition) is 2. The quantitative estimate of drug-likeness (QED) is 0.532. The Morgan fingerprint density at radius 3 is 2.25 bits per heavy atom. The molecule has 0 fully saturated rings. The Morgan fingerprint density at radius 1 is 1.62 bits per heavy atom. The SMILES string of the molecule is CS(=O)(=O)NCC[NH]. The lowest BCUT2D eigenvalue weighted by atomic mass is 10.7. The summed E-state index contributed by atoms with van der Waals surface area (Å²) in [5.74, 6) is 0. The number of nitrogens with one attached hydrogen (secondary N) is 2. The van der Waals surface area contributed by atoms with Crippen LogP contribution in [0.1, 0.15) is 0 Å². The molecule has 4 nitrogen and oxygen atoms in total. The van der Waals surface area contributed by atoms with Gasteiger partial charge in [-0.1, -0.05) is 0 Å². The van der Waals surface area contributed by atoms with E-state index >= 15 is 0 Å². The van der Waals surface area contributed by atoms with Gasteiger partial charge in [0.15, 0.2) is 0 Å². The molecule has 0 atom stereocenters. The summed E-state index contributed by atoms with van der Waals surface area (Å²) in [5, 5.41) is 0. The molecule has 0 aromatic carbocycles. The Hall–Kier alpha value is -0.130. The topological polar surface area (TPSA) is 70.0 Å². The first kappa shape index (κ1) is 7.87. The lowest BCUT2D eigenvalue weighted by Gasteiger charge is -1.94. The smallest absolute Gasteiger partial charge is 0.208 e. The summed E-state index contributed by atoms with van der Waals surface area (Å²) in [6.07, 6.45) is 1.07. The second kappa shape index (κ2) is 3.01. The minimum Gasteiger partial charge on any atom is -0.256 e.